The first kappa shape index (κ1) is 19.4. The number of primary amides is 1. The van der Waals surface area contributed by atoms with Gasteiger partial charge in [-0.05, 0) is 55.4 Å². The van der Waals surface area contributed by atoms with E-state index in [1.165, 1.54) is 16.2 Å². The Balaban J connectivity index is 1.58. The maximum absolute atomic E-state index is 12.8. The molecule has 1 aliphatic carbocycles. The number of aryl methyl sites for hydroxylation is 1. The van der Waals surface area contributed by atoms with E-state index >= 15 is 0 Å². The fraction of sp³-hybridized carbons (Fsp3) is 0.381. The second kappa shape index (κ2) is 7.51. The molecule has 0 radical (unpaired) electrons. The maximum atomic E-state index is 12.8. The Bertz CT molecular complexity index is 1010. The molecule has 29 heavy (non-hydrogen) atoms. The quantitative estimate of drug-likeness (QED) is 0.804. The summed E-state index contributed by atoms with van der Waals surface area (Å²) in [7, 11) is 0. The Morgan fingerprint density at radius 3 is 2.93 bits per heavy atom. The lowest BCUT2D eigenvalue weighted by atomic mass is 9.88. The summed E-state index contributed by atoms with van der Waals surface area (Å²) >= 11 is 1.41. The smallest absolute Gasteiger partial charge is 0.265 e. The van der Waals surface area contributed by atoms with Crippen molar-refractivity contribution in [1.82, 2.24) is 0 Å². The van der Waals surface area contributed by atoms with Crippen LogP contribution in [-0.4, -0.2) is 30.9 Å². The zero-order valence-electron chi connectivity index (χ0n) is 16.4. The van der Waals surface area contributed by atoms with E-state index in [0.717, 1.165) is 35.3 Å². The highest BCUT2D eigenvalue weighted by Gasteiger charge is 2.30. The highest BCUT2D eigenvalue weighted by molar-refractivity contribution is 7.17. The van der Waals surface area contributed by atoms with E-state index in [1.807, 2.05) is 19.1 Å². The lowest BCUT2D eigenvalue weighted by molar-refractivity contribution is -0.123. The second-order valence-corrected chi connectivity index (χ2v) is 8.81. The fourth-order valence-corrected chi connectivity index (χ4v) is 5.33. The Labute approximate surface area is 172 Å². The number of carbonyl (C=O) groups excluding carboxylic acids is 3. The van der Waals surface area contributed by atoms with Gasteiger partial charge in [-0.2, -0.15) is 0 Å². The third-order valence-corrected chi connectivity index (χ3v) is 6.54. The van der Waals surface area contributed by atoms with Gasteiger partial charge in [-0.15, -0.1) is 11.3 Å². The number of hydrogen-bond donors (Lipinski definition) is 2. The third kappa shape index (κ3) is 3.72. The molecule has 0 saturated carbocycles. The Hall–Kier alpha value is -2.87. The van der Waals surface area contributed by atoms with Crippen LogP contribution in [0.3, 0.4) is 0 Å². The summed E-state index contributed by atoms with van der Waals surface area (Å²) in [6.45, 7) is 3.82. The molecule has 3 amide bonds. The minimum absolute atomic E-state index is 0.110. The van der Waals surface area contributed by atoms with Crippen molar-refractivity contribution in [1.29, 1.82) is 0 Å². The van der Waals surface area contributed by atoms with Gasteiger partial charge in [0, 0.05) is 4.88 Å². The number of fused-ring (bicyclic) bond motifs is 2. The van der Waals surface area contributed by atoms with E-state index in [0.29, 0.717) is 27.9 Å². The number of carbonyl (C=O) groups is 3. The summed E-state index contributed by atoms with van der Waals surface area (Å²) in [5.74, 6) is -0.0807. The monoisotopic (exact) mass is 413 g/mol. The first-order valence-electron chi connectivity index (χ1n) is 9.61. The average Bonchev–Trinajstić information content (AvgIpc) is 3.01. The van der Waals surface area contributed by atoms with E-state index in [4.69, 9.17) is 10.5 Å². The number of benzene rings is 1. The average molecular weight is 413 g/mol. The van der Waals surface area contributed by atoms with Gasteiger partial charge in [0.15, 0.2) is 6.61 Å². The van der Waals surface area contributed by atoms with Crippen molar-refractivity contribution in [3.63, 3.8) is 0 Å². The number of amides is 3. The predicted octanol–water partition coefficient (Wildman–Crippen LogP) is 2.64. The van der Waals surface area contributed by atoms with Crippen molar-refractivity contribution in [2.75, 3.05) is 23.4 Å². The van der Waals surface area contributed by atoms with Gasteiger partial charge in [-0.25, -0.2) is 0 Å². The molecule has 1 atom stereocenters. The summed E-state index contributed by atoms with van der Waals surface area (Å²) in [6, 6.07) is 5.50. The van der Waals surface area contributed by atoms with Gasteiger partial charge in [0.05, 0.1) is 11.3 Å². The molecule has 2 aromatic rings. The standard InChI is InChI=1S/C21H23N3O4S/c1-11-4-6-15-14(7-11)24(18(26)10-28-15)9-17(25)23-21-19(20(22)27)13-5-3-12(2)8-16(13)29-21/h4,6-7,12H,3,5,8-10H2,1-2H3,(H2,22,27)(H,23,25). The lowest BCUT2D eigenvalue weighted by Crippen LogP contribution is -2.43. The van der Waals surface area contributed by atoms with Crippen LogP contribution in [0.25, 0.3) is 0 Å². The number of hydrogen-bond acceptors (Lipinski definition) is 5. The van der Waals surface area contributed by atoms with Gasteiger partial charge in [0.1, 0.15) is 17.3 Å². The molecule has 1 aliphatic heterocycles. The Kier molecular flexibility index (Phi) is 5.04. The summed E-state index contributed by atoms with van der Waals surface area (Å²) in [6.07, 6.45) is 2.66. The molecular weight excluding hydrogens is 390 g/mol. The van der Waals surface area contributed by atoms with Crippen LogP contribution in [0.4, 0.5) is 10.7 Å². The lowest BCUT2D eigenvalue weighted by Gasteiger charge is -2.29. The highest BCUT2D eigenvalue weighted by Crippen LogP contribution is 2.39. The molecule has 2 aliphatic rings. The molecule has 0 fully saturated rings. The van der Waals surface area contributed by atoms with Gasteiger partial charge in [-0.1, -0.05) is 13.0 Å². The topological polar surface area (TPSA) is 102 Å². The number of ether oxygens (including phenoxy) is 1. The van der Waals surface area contributed by atoms with E-state index in [9.17, 15) is 14.4 Å². The van der Waals surface area contributed by atoms with Crippen LogP contribution in [0.5, 0.6) is 5.75 Å². The number of thiophene rings is 1. The molecule has 1 aromatic heterocycles. The van der Waals surface area contributed by atoms with Crippen LogP contribution >= 0.6 is 11.3 Å². The van der Waals surface area contributed by atoms with Crippen LogP contribution < -0.4 is 20.7 Å². The maximum Gasteiger partial charge on any atom is 0.265 e. The molecular formula is C21H23N3O4S. The number of nitrogens with two attached hydrogens (primary N) is 1. The molecule has 1 unspecified atom stereocenters. The minimum Gasteiger partial charge on any atom is -0.482 e. The van der Waals surface area contributed by atoms with Crippen LogP contribution in [-0.2, 0) is 22.4 Å². The Morgan fingerprint density at radius 1 is 1.38 bits per heavy atom. The summed E-state index contributed by atoms with van der Waals surface area (Å²) < 4.78 is 5.45. The van der Waals surface area contributed by atoms with E-state index in [-0.39, 0.29) is 25.0 Å². The molecule has 3 N–H and O–H groups in total. The van der Waals surface area contributed by atoms with E-state index < -0.39 is 5.91 Å². The number of anilines is 2. The fourth-order valence-electron chi connectivity index (χ4n) is 3.89. The van der Waals surface area contributed by atoms with Crippen LogP contribution in [0.15, 0.2) is 18.2 Å². The molecule has 0 saturated heterocycles. The summed E-state index contributed by atoms with van der Waals surface area (Å²) in [4.78, 5) is 39.7. The number of nitrogens with one attached hydrogen (secondary N) is 1. The molecule has 0 spiro atoms. The van der Waals surface area contributed by atoms with Gasteiger partial charge < -0.3 is 15.8 Å². The molecule has 152 valence electrons. The second-order valence-electron chi connectivity index (χ2n) is 7.71. The van der Waals surface area contributed by atoms with Crippen LogP contribution in [0, 0.1) is 12.8 Å². The highest BCUT2D eigenvalue weighted by atomic mass is 32.1. The van der Waals surface area contributed by atoms with Gasteiger partial charge in [-0.3, -0.25) is 19.3 Å². The number of rotatable bonds is 4. The van der Waals surface area contributed by atoms with Crippen molar-refractivity contribution >= 4 is 39.7 Å². The first-order valence-corrected chi connectivity index (χ1v) is 10.4. The van der Waals surface area contributed by atoms with E-state index in [2.05, 4.69) is 12.2 Å². The first-order chi connectivity index (χ1) is 13.8. The van der Waals surface area contributed by atoms with Gasteiger partial charge >= 0.3 is 0 Å². The Morgan fingerprint density at radius 2 is 2.17 bits per heavy atom. The van der Waals surface area contributed by atoms with Gasteiger partial charge in [0.25, 0.3) is 11.8 Å². The minimum atomic E-state index is -0.532. The number of nitrogens with zero attached hydrogens (tertiary/aromatic N) is 1. The molecule has 0 bridgehead atoms. The molecule has 7 nitrogen and oxygen atoms in total. The summed E-state index contributed by atoms with van der Waals surface area (Å²) in [5, 5.41) is 3.30. The van der Waals surface area contributed by atoms with Crippen molar-refractivity contribution < 1.29 is 19.1 Å². The van der Waals surface area contributed by atoms with E-state index in [1.54, 1.807) is 6.07 Å². The summed E-state index contributed by atoms with van der Waals surface area (Å²) in [5.41, 5.74) is 8.52. The van der Waals surface area contributed by atoms with Crippen molar-refractivity contribution in [3.8, 4) is 5.75 Å². The zero-order valence-corrected chi connectivity index (χ0v) is 17.2. The SMILES string of the molecule is Cc1ccc2c(c1)N(CC(=O)Nc1sc3c(c1C(N)=O)CCC(C)C3)C(=O)CO2. The van der Waals surface area contributed by atoms with Crippen molar-refractivity contribution in [3.05, 3.63) is 39.8 Å². The molecule has 4 rings (SSSR count). The normalized spacial score (nSPS) is 17.9. The molecule has 1 aromatic carbocycles. The zero-order chi connectivity index (χ0) is 20.7. The van der Waals surface area contributed by atoms with Crippen LogP contribution in [0.2, 0.25) is 0 Å². The molecule has 8 heteroatoms. The van der Waals surface area contributed by atoms with Gasteiger partial charge in [0.2, 0.25) is 5.91 Å². The van der Waals surface area contributed by atoms with Crippen LogP contribution in [0.1, 0.15) is 39.7 Å². The predicted molar refractivity (Wildman–Crippen MR) is 112 cm³/mol. The molecule has 2 heterocycles. The largest absolute Gasteiger partial charge is 0.482 e. The third-order valence-electron chi connectivity index (χ3n) is 5.37. The van der Waals surface area contributed by atoms with Crippen molar-refractivity contribution in [2.45, 2.75) is 33.1 Å². The van der Waals surface area contributed by atoms with Crippen molar-refractivity contribution in [2.24, 2.45) is 11.7 Å².